The summed E-state index contributed by atoms with van der Waals surface area (Å²) in [6.07, 6.45) is 1.77. The number of anilines is 1. The highest BCUT2D eigenvalue weighted by Crippen LogP contribution is 2.23. The van der Waals surface area contributed by atoms with Gasteiger partial charge in [-0.15, -0.1) is 0 Å². The third-order valence-electron chi connectivity index (χ3n) is 4.98. The van der Waals surface area contributed by atoms with Crippen molar-refractivity contribution < 1.29 is 22.7 Å². The van der Waals surface area contributed by atoms with Crippen molar-refractivity contribution in [3.05, 3.63) is 59.1 Å². The highest BCUT2D eigenvalue weighted by Gasteiger charge is 2.30. The van der Waals surface area contributed by atoms with Crippen molar-refractivity contribution >= 4 is 39.1 Å². The molecule has 0 saturated carbocycles. The van der Waals surface area contributed by atoms with E-state index in [2.05, 4.69) is 5.32 Å². The molecule has 0 bridgehead atoms. The first-order valence-corrected chi connectivity index (χ1v) is 12.7. The minimum atomic E-state index is -3.80. The average molecular weight is 496 g/mol. The Bertz CT molecular complexity index is 1080. The Morgan fingerprint density at radius 1 is 1.15 bits per heavy atom. The Morgan fingerprint density at radius 3 is 2.45 bits per heavy atom. The van der Waals surface area contributed by atoms with Crippen molar-refractivity contribution in [2.45, 2.75) is 32.9 Å². The Labute approximate surface area is 200 Å². The van der Waals surface area contributed by atoms with Crippen LogP contribution < -0.4 is 14.4 Å². The smallest absolute Gasteiger partial charge is 0.244 e. The minimum absolute atomic E-state index is 0.101. The van der Waals surface area contributed by atoms with E-state index in [-0.39, 0.29) is 18.1 Å². The van der Waals surface area contributed by atoms with E-state index in [1.165, 1.54) is 18.1 Å². The van der Waals surface area contributed by atoms with Crippen molar-refractivity contribution in [2.75, 3.05) is 30.8 Å². The van der Waals surface area contributed by atoms with Gasteiger partial charge in [0, 0.05) is 18.1 Å². The zero-order chi connectivity index (χ0) is 24.6. The molecule has 0 saturated heterocycles. The number of sulfonamides is 1. The average Bonchev–Trinajstić information content (AvgIpc) is 2.78. The third kappa shape index (κ3) is 7.64. The summed E-state index contributed by atoms with van der Waals surface area (Å²) in [4.78, 5) is 27.5. The summed E-state index contributed by atoms with van der Waals surface area (Å²) in [7, 11) is -2.26. The molecule has 0 aliphatic heterocycles. The first-order valence-electron chi connectivity index (χ1n) is 10.5. The van der Waals surface area contributed by atoms with Crippen molar-refractivity contribution in [3.63, 3.8) is 0 Å². The third-order valence-corrected chi connectivity index (χ3v) is 6.35. The Kier molecular flexibility index (Phi) is 9.55. The van der Waals surface area contributed by atoms with Gasteiger partial charge in [-0.25, -0.2) is 8.42 Å². The summed E-state index contributed by atoms with van der Waals surface area (Å²) in [6.45, 7) is 3.65. The van der Waals surface area contributed by atoms with E-state index in [0.29, 0.717) is 17.3 Å². The molecule has 0 aliphatic rings. The van der Waals surface area contributed by atoms with Crippen LogP contribution in [0.5, 0.6) is 5.75 Å². The molecular weight excluding hydrogens is 466 g/mol. The second kappa shape index (κ2) is 11.9. The maximum absolute atomic E-state index is 13.4. The number of nitrogens with one attached hydrogen (secondary N) is 1. The summed E-state index contributed by atoms with van der Waals surface area (Å²) in [6, 6.07) is 12.6. The topological polar surface area (TPSA) is 96.0 Å². The highest BCUT2D eigenvalue weighted by atomic mass is 35.5. The maximum atomic E-state index is 13.4. The van der Waals surface area contributed by atoms with Gasteiger partial charge in [-0.05, 0) is 49.2 Å². The lowest BCUT2D eigenvalue weighted by molar-refractivity contribution is -0.139. The number of methoxy groups -OCH3 is 1. The van der Waals surface area contributed by atoms with E-state index in [1.54, 1.807) is 43.3 Å². The zero-order valence-corrected chi connectivity index (χ0v) is 20.8. The molecule has 0 heterocycles. The Balaban J connectivity index is 2.38. The number of amides is 2. The molecule has 2 amide bonds. The van der Waals surface area contributed by atoms with E-state index in [0.717, 1.165) is 22.5 Å². The van der Waals surface area contributed by atoms with E-state index in [1.807, 2.05) is 13.0 Å². The predicted molar refractivity (Wildman–Crippen MR) is 130 cm³/mol. The van der Waals surface area contributed by atoms with Gasteiger partial charge in [0.25, 0.3) is 0 Å². The van der Waals surface area contributed by atoms with E-state index in [4.69, 9.17) is 16.3 Å². The van der Waals surface area contributed by atoms with Crippen LogP contribution in [0.2, 0.25) is 5.02 Å². The molecule has 2 aromatic carbocycles. The van der Waals surface area contributed by atoms with E-state index < -0.39 is 28.5 Å². The molecule has 1 atom stereocenters. The van der Waals surface area contributed by atoms with Gasteiger partial charge in [-0.2, -0.15) is 0 Å². The van der Waals surface area contributed by atoms with Gasteiger partial charge >= 0.3 is 0 Å². The molecule has 2 aromatic rings. The molecule has 10 heteroatoms. The summed E-state index contributed by atoms with van der Waals surface area (Å²) < 4.78 is 31.2. The summed E-state index contributed by atoms with van der Waals surface area (Å²) in [5.41, 5.74) is 1.01. The van der Waals surface area contributed by atoms with Crippen LogP contribution >= 0.6 is 11.6 Å². The molecule has 0 radical (unpaired) electrons. The highest BCUT2D eigenvalue weighted by molar-refractivity contribution is 7.92. The first-order chi connectivity index (χ1) is 15.6. The van der Waals surface area contributed by atoms with Crippen LogP contribution in [0.3, 0.4) is 0 Å². The molecule has 0 spiro atoms. The monoisotopic (exact) mass is 495 g/mol. The van der Waals surface area contributed by atoms with Crippen LogP contribution in [-0.2, 0) is 26.2 Å². The molecule has 0 fully saturated rings. The number of hydrogen-bond acceptors (Lipinski definition) is 5. The van der Waals surface area contributed by atoms with Gasteiger partial charge in [0.1, 0.15) is 18.3 Å². The molecule has 33 heavy (non-hydrogen) atoms. The van der Waals surface area contributed by atoms with Crippen LogP contribution in [0.25, 0.3) is 0 Å². The standard InChI is InChI=1S/C23H30ClN3O5S/c1-5-12-25-23(29)17(2)26(15-18-8-6-11-21(13-18)32-3)22(28)16-27(33(4,30)31)20-10-7-9-19(24)14-20/h6-11,13-14,17H,5,12,15-16H2,1-4H3,(H,25,29)/t17-/m0/s1. The normalized spacial score (nSPS) is 12.0. The van der Waals surface area contributed by atoms with Crippen LogP contribution in [-0.4, -0.2) is 57.6 Å². The molecule has 0 aliphatic carbocycles. The summed E-state index contributed by atoms with van der Waals surface area (Å²) in [5, 5.41) is 3.13. The molecule has 0 unspecified atom stereocenters. The lowest BCUT2D eigenvalue weighted by Crippen LogP contribution is -2.51. The number of ether oxygens (including phenoxy) is 1. The lowest BCUT2D eigenvalue weighted by Gasteiger charge is -2.31. The van der Waals surface area contributed by atoms with Gasteiger partial charge in [-0.1, -0.05) is 36.7 Å². The predicted octanol–water partition coefficient (Wildman–Crippen LogP) is 3.06. The number of benzene rings is 2. The maximum Gasteiger partial charge on any atom is 0.244 e. The molecule has 8 nitrogen and oxygen atoms in total. The van der Waals surface area contributed by atoms with Crippen LogP contribution in [0.15, 0.2) is 48.5 Å². The van der Waals surface area contributed by atoms with Gasteiger partial charge in [0.05, 0.1) is 19.1 Å². The zero-order valence-electron chi connectivity index (χ0n) is 19.2. The molecule has 2 rings (SSSR count). The second-order valence-electron chi connectivity index (χ2n) is 7.59. The fourth-order valence-corrected chi connectivity index (χ4v) is 4.22. The lowest BCUT2D eigenvalue weighted by atomic mass is 10.1. The van der Waals surface area contributed by atoms with E-state index in [9.17, 15) is 18.0 Å². The summed E-state index contributed by atoms with van der Waals surface area (Å²) >= 11 is 6.03. The van der Waals surface area contributed by atoms with Crippen molar-refractivity contribution in [1.29, 1.82) is 0 Å². The molecule has 0 aromatic heterocycles. The minimum Gasteiger partial charge on any atom is -0.497 e. The SMILES string of the molecule is CCCNC(=O)[C@H](C)N(Cc1cccc(OC)c1)C(=O)CN(c1cccc(Cl)c1)S(C)(=O)=O. The Morgan fingerprint density at radius 2 is 1.85 bits per heavy atom. The number of carbonyl (C=O) groups excluding carboxylic acids is 2. The van der Waals surface area contributed by atoms with Gasteiger partial charge in [0.2, 0.25) is 21.8 Å². The molecule has 1 N–H and O–H groups in total. The quantitative estimate of drug-likeness (QED) is 0.517. The van der Waals surface area contributed by atoms with Crippen LogP contribution in [0.4, 0.5) is 5.69 Å². The fourth-order valence-electron chi connectivity index (χ4n) is 3.19. The molecule has 180 valence electrons. The van der Waals surface area contributed by atoms with Crippen LogP contribution in [0, 0.1) is 0 Å². The van der Waals surface area contributed by atoms with Gasteiger partial charge in [-0.3, -0.25) is 13.9 Å². The fraction of sp³-hybridized carbons (Fsp3) is 0.391. The van der Waals surface area contributed by atoms with Gasteiger partial charge in [0.15, 0.2) is 0 Å². The van der Waals surface area contributed by atoms with Crippen molar-refractivity contribution in [3.8, 4) is 5.75 Å². The molecular formula is C23H30ClN3O5S. The Hall–Kier alpha value is -2.78. The number of nitrogens with zero attached hydrogens (tertiary/aromatic N) is 2. The number of rotatable bonds is 11. The largest absolute Gasteiger partial charge is 0.497 e. The van der Waals surface area contributed by atoms with Crippen LogP contribution in [0.1, 0.15) is 25.8 Å². The number of carbonyl (C=O) groups is 2. The number of hydrogen-bond donors (Lipinski definition) is 1. The summed E-state index contributed by atoms with van der Waals surface area (Å²) in [5.74, 6) is -0.233. The van der Waals surface area contributed by atoms with Crippen molar-refractivity contribution in [1.82, 2.24) is 10.2 Å². The van der Waals surface area contributed by atoms with Crippen molar-refractivity contribution in [2.24, 2.45) is 0 Å². The second-order valence-corrected chi connectivity index (χ2v) is 9.93. The van der Waals surface area contributed by atoms with Gasteiger partial charge < -0.3 is 15.0 Å². The van der Waals surface area contributed by atoms with E-state index >= 15 is 0 Å². The first kappa shape index (κ1) is 26.5. The number of halogens is 1.